The molecule has 0 saturated carbocycles. The second-order valence-corrected chi connectivity index (χ2v) is 6.00. The molecule has 1 saturated heterocycles. The van der Waals surface area contributed by atoms with E-state index in [2.05, 4.69) is 31.2 Å². The Balaban J connectivity index is 0.000000290. The van der Waals surface area contributed by atoms with Crippen LogP contribution in [0.5, 0.6) is 0 Å². The Morgan fingerprint density at radius 2 is 2.16 bits per heavy atom. The second kappa shape index (κ2) is 11.8. The number of carbonyl (C=O) groups is 2. The van der Waals surface area contributed by atoms with Crippen molar-refractivity contribution in [3.05, 3.63) is 34.6 Å². The highest BCUT2D eigenvalue weighted by molar-refractivity contribution is 9.10. The van der Waals surface area contributed by atoms with E-state index in [1.807, 2.05) is 32.0 Å². The van der Waals surface area contributed by atoms with Crippen molar-refractivity contribution < 1.29 is 14.3 Å². The molecule has 1 aliphatic rings. The molecule has 1 aliphatic heterocycles. The lowest BCUT2D eigenvalue weighted by Crippen LogP contribution is -2.21. The highest BCUT2D eigenvalue weighted by atomic mass is 79.9. The van der Waals surface area contributed by atoms with Crippen LogP contribution in [-0.4, -0.2) is 48.3 Å². The number of ether oxygens (including phenoxy) is 1. The molecule has 1 aromatic carbocycles. The minimum atomic E-state index is -0.167. The van der Waals surface area contributed by atoms with Gasteiger partial charge in [0, 0.05) is 11.6 Å². The highest BCUT2D eigenvalue weighted by Gasteiger charge is 2.10. The number of carbonyl (C=O) groups excluding carboxylic acids is 2. The van der Waals surface area contributed by atoms with Crippen molar-refractivity contribution in [2.24, 2.45) is 0 Å². The van der Waals surface area contributed by atoms with E-state index >= 15 is 0 Å². The summed E-state index contributed by atoms with van der Waals surface area (Å²) in [6.07, 6.45) is 4.63. The van der Waals surface area contributed by atoms with E-state index < -0.39 is 0 Å². The van der Waals surface area contributed by atoms with Crippen LogP contribution in [0.3, 0.4) is 0 Å². The number of aldehydes is 1. The van der Waals surface area contributed by atoms with E-state index in [1.54, 1.807) is 0 Å². The van der Waals surface area contributed by atoms with E-state index in [4.69, 9.17) is 4.74 Å². The van der Waals surface area contributed by atoms with Crippen molar-refractivity contribution in [1.82, 2.24) is 15.3 Å². The minimum Gasteiger partial charge on any atom is -0.376 e. The molecule has 1 aromatic heterocycles. The van der Waals surface area contributed by atoms with Gasteiger partial charge in [0.1, 0.15) is 18.6 Å². The van der Waals surface area contributed by atoms with Gasteiger partial charge in [-0.25, -0.2) is 4.98 Å². The predicted octanol–water partition coefficient (Wildman–Crippen LogP) is 3.18. The van der Waals surface area contributed by atoms with Gasteiger partial charge in [0.25, 0.3) is 0 Å². The summed E-state index contributed by atoms with van der Waals surface area (Å²) in [5, 5.41) is 3.04. The lowest BCUT2D eigenvalue weighted by molar-refractivity contribution is -0.109. The van der Waals surface area contributed by atoms with Crippen molar-refractivity contribution in [1.29, 1.82) is 0 Å². The summed E-state index contributed by atoms with van der Waals surface area (Å²) in [7, 11) is 1.48. The summed E-state index contributed by atoms with van der Waals surface area (Å²) in [6.45, 7) is 5.04. The Morgan fingerprint density at radius 1 is 1.40 bits per heavy atom. The fourth-order valence-corrected chi connectivity index (χ4v) is 2.50. The molecular weight excluding hydrogens is 386 g/mol. The number of methoxy groups -OCH3 is 1. The first-order valence-electron chi connectivity index (χ1n) is 8.27. The van der Waals surface area contributed by atoms with Crippen LogP contribution in [-0.2, 0) is 9.53 Å². The lowest BCUT2D eigenvalue weighted by Gasteiger charge is -2.01. The molecule has 6 nitrogen and oxygen atoms in total. The molecule has 0 amide bonds. The number of Topliss-reactive ketones (excluding diaryl/α,β-unsaturated/α-hetero) is 1. The number of hydrogen-bond acceptors (Lipinski definition) is 6. The van der Waals surface area contributed by atoms with Crippen LogP contribution in [0, 0.1) is 0 Å². The van der Waals surface area contributed by atoms with Crippen molar-refractivity contribution in [2.75, 3.05) is 20.3 Å². The number of nitrogens with one attached hydrogen (secondary N) is 1. The van der Waals surface area contributed by atoms with Gasteiger partial charge in [0.05, 0.1) is 23.3 Å². The van der Waals surface area contributed by atoms with Gasteiger partial charge >= 0.3 is 0 Å². The number of halogens is 1. The van der Waals surface area contributed by atoms with Gasteiger partial charge in [0.2, 0.25) is 5.78 Å². The first-order valence-corrected chi connectivity index (χ1v) is 9.06. The third kappa shape index (κ3) is 6.97. The van der Waals surface area contributed by atoms with Gasteiger partial charge in [-0.3, -0.25) is 9.78 Å². The largest absolute Gasteiger partial charge is 0.376 e. The first kappa shape index (κ1) is 21.3. The van der Waals surface area contributed by atoms with Gasteiger partial charge < -0.3 is 14.8 Å². The predicted molar refractivity (Wildman–Crippen MR) is 102 cm³/mol. The number of ketones is 1. The van der Waals surface area contributed by atoms with Gasteiger partial charge in [-0.1, -0.05) is 29.8 Å². The summed E-state index contributed by atoms with van der Waals surface area (Å²) in [5.41, 5.74) is 1.78. The number of aromatic nitrogens is 2. The Kier molecular flexibility index (Phi) is 10.1. The van der Waals surface area contributed by atoms with Gasteiger partial charge in [-0.15, -0.1) is 0 Å². The van der Waals surface area contributed by atoms with E-state index in [9.17, 15) is 9.59 Å². The van der Waals surface area contributed by atoms with Crippen LogP contribution in [0.4, 0.5) is 0 Å². The van der Waals surface area contributed by atoms with Crippen molar-refractivity contribution >= 4 is 39.0 Å². The molecule has 7 heteroatoms. The zero-order chi connectivity index (χ0) is 18.7. The lowest BCUT2D eigenvalue weighted by atomic mass is 10.2. The molecule has 1 fully saturated rings. The van der Waals surface area contributed by atoms with Crippen LogP contribution in [0.25, 0.3) is 11.0 Å². The van der Waals surface area contributed by atoms with Crippen molar-refractivity contribution in [3.63, 3.8) is 0 Å². The third-order valence-corrected chi connectivity index (χ3v) is 3.82. The van der Waals surface area contributed by atoms with Crippen molar-refractivity contribution in [2.45, 2.75) is 32.7 Å². The quantitative estimate of drug-likeness (QED) is 0.616. The Labute approximate surface area is 156 Å². The van der Waals surface area contributed by atoms with E-state index in [0.29, 0.717) is 11.2 Å². The molecule has 3 rings (SSSR count). The molecule has 1 atom stereocenters. The molecule has 136 valence electrons. The van der Waals surface area contributed by atoms with Crippen LogP contribution >= 0.6 is 15.9 Å². The third-order valence-electron chi connectivity index (χ3n) is 3.33. The standard InChI is InChI=1S/C11H9BrN2O2.C5H9NO.C2H6/c1-16-6-11(15)10-5-13-9-4-7(12)2-3-8(9)14-10;7-4-5-2-1-3-6-5;1-2/h2-5H,6H2,1H3;4-6H,1-3H2;1-2H3/t;5-;/m.0./s1. The molecule has 2 aromatic rings. The molecule has 2 heterocycles. The average molecular weight is 410 g/mol. The summed E-state index contributed by atoms with van der Waals surface area (Å²) < 4.78 is 5.70. The summed E-state index contributed by atoms with van der Waals surface area (Å²) in [6, 6.07) is 5.70. The summed E-state index contributed by atoms with van der Waals surface area (Å²) >= 11 is 3.35. The van der Waals surface area contributed by atoms with Crippen LogP contribution in [0.15, 0.2) is 28.9 Å². The van der Waals surface area contributed by atoms with E-state index in [1.165, 1.54) is 13.3 Å². The maximum atomic E-state index is 11.5. The topological polar surface area (TPSA) is 81.2 Å². The summed E-state index contributed by atoms with van der Waals surface area (Å²) in [5.74, 6) is -0.167. The Bertz CT molecular complexity index is 688. The van der Waals surface area contributed by atoms with Crippen LogP contribution < -0.4 is 5.32 Å². The zero-order valence-electron chi connectivity index (χ0n) is 14.8. The number of fused-ring (bicyclic) bond motifs is 1. The molecule has 0 spiro atoms. The number of hydrogen-bond donors (Lipinski definition) is 1. The Hall–Kier alpha value is -1.70. The van der Waals surface area contributed by atoms with Gasteiger partial charge in [-0.05, 0) is 37.6 Å². The molecule has 25 heavy (non-hydrogen) atoms. The SMILES string of the molecule is CC.COCC(=O)c1cnc2cc(Br)ccc2n1.O=C[C@@H]1CCCN1. The maximum absolute atomic E-state index is 11.5. The first-order chi connectivity index (χ1) is 12.1. The maximum Gasteiger partial charge on any atom is 0.208 e. The van der Waals surface area contributed by atoms with Crippen LogP contribution in [0.1, 0.15) is 37.2 Å². The van der Waals surface area contributed by atoms with Crippen molar-refractivity contribution in [3.8, 4) is 0 Å². The molecule has 0 radical (unpaired) electrons. The van der Waals surface area contributed by atoms with Crippen LogP contribution in [0.2, 0.25) is 0 Å². The van der Waals surface area contributed by atoms with E-state index in [0.717, 1.165) is 35.7 Å². The fourth-order valence-electron chi connectivity index (χ4n) is 2.15. The summed E-state index contributed by atoms with van der Waals surface area (Å²) in [4.78, 5) is 29.9. The highest BCUT2D eigenvalue weighted by Crippen LogP contribution is 2.16. The number of rotatable bonds is 4. The normalized spacial score (nSPS) is 15.6. The zero-order valence-corrected chi connectivity index (χ0v) is 16.4. The molecule has 0 aliphatic carbocycles. The smallest absolute Gasteiger partial charge is 0.208 e. The minimum absolute atomic E-state index is 0.0245. The average Bonchev–Trinajstić information content (AvgIpc) is 3.17. The Morgan fingerprint density at radius 3 is 2.72 bits per heavy atom. The molecular formula is C18H24BrN3O3. The number of nitrogens with zero attached hydrogens (tertiary/aromatic N) is 2. The van der Waals surface area contributed by atoms with E-state index in [-0.39, 0.29) is 18.4 Å². The monoisotopic (exact) mass is 409 g/mol. The molecule has 0 bridgehead atoms. The second-order valence-electron chi connectivity index (χ2n) is 5.08. The van der Waals surface area contributed by atoms with Gasteiger partial charge in [-0.2, -0.15) is 0 Å². The molecule has 1 N–H and O–H groups in total. The van der Waals surface area contributed by atoms with Gasteiger partial charge in [0.15, 0.2) is 0 Å². The molecule has 0 unspecified atom stereocenters. The number of benzene rings is 1. The fraction of sp³-hybridized carbons (Fsp3) is 0.444.